The first-order valence-electron chi connectivity index (χ1n) is 17.6. The smallest absolute Gasteiger partial charge is 0.269 e. The number of rotatable bonds is 13. The Balaban J connectivity index is 1.20. The minimum atomic E-state index is -2.16. The summed E-state index contributed by atoms with van der Waals surface area (Å²) >= 11 is 0. The number of aryl methyl sites for hydroxylation is 1. The van der Waals surface area contributed by atoms with Crippen molar-refractivity contribution in [2.45, 2.75) is 63.6 Å². The van der Waals surface area contributed by atoms with Gasteiger partial charge in [-0.2, -0.15) is 0 Å². The van der Waals surface area contributed by atoms with Crippen LogP contribution in [0.5, 0.6) is 11.5 Å². The van der Waals surface area contributed by atoms with Crippen LogP contribution in [0.3, 0.4) is 0 Å². The molecule has 8 nitrogen and oxygen atoms in total. The van der Waals surface area contributed by atoms with E-state index < -0.39 is 8.07 Å². The highest BCUT2D eigenvalue weighted by Crippen LogP contribution is 2.47. The summed E-state index contributed by atoms with van der Waals surface area (Å²) in [6.45, 7) is 7.72. The number of ether oxygens (including phenoxy) is 3. The predicted octanol–water partition coefficient (Wildman–Crippen LogP) is 6.49. The molecule has 2 heterocycles. The molecule has 4 aromatic rings. The normalized spacial score (nSPS) is 20.3. The van der Waals surface area contributed by atoms with Crippen LogP contribution in [0.1, 0.15) is 30.9 Å². The molecule has 2 aliphatic heterocycles. The predicted molar refractivity (Wildman–Crippen MR) is 199 cm³/mol. The van der Waals surface area contributed by atoms with Crippen molar-refractivity contribution >= 4 is 36.4 Å². The Morgan fingerprint density at radius 2 is 1.62 bits per heavy atom. The van der Waals surface area contributed by atoms with E-state index in [1.54, 1.807) is 16.9 Å². The van der Waals surface area contributed by atoms with E-state index in [9.17, 15) is 14.7 Å². The minimum Gasteiger partial charge on any atom is -0.497 e. The molecule has 0 aromatic heterocycles. The maximum absolute atomic E-state index is 13.9. The number of hydrogen-bond donors (Lipinski definition) is 1. The van der Waals surface area contributed by atoms with Crippen LogP contribution in [0.25, 0.3) is 0 Å². The summed E-state index contributed by atoms with van der Waals surface area (Å²) in [6.07, 6.45) is 1.65. The van der Waals surface area contributed by atoms with E-state index in [0.717, 1.165) is 35.5 Å². The number of benzene rings is 4. The number of methoxy groups -OCH3 is 1. The molecule has 2 amide bonds. The number of amides is 2. The van der Waals surface area contributed by atoms with E-state index in [0.29, 0.717) is 12.3 Å². The van der Waals surface area contributed by atoms with Crippen molar-refractivity contribution in [2.75, 3.05) is 31.8 Å². The van der Waals surface area contributed by atoms with Crippen LogP contribution in [0.4, 0.5) is 11.4 Å². The second-order valence-electron chi connectivity index (χ2n) is 14.0. The highest BCUT2D eigenvalue weighted by atomic mass is 28.3. The van der Waals surface area contributed by atoms with Crippen LogP contribution < -0.4 is 19.6 Å². The Kier molecular flexibility index (Phi) is 11.1. The Bertz CT molecular complexity index is 1750. The van der Waals surface area contributed by atoms with Gasteiger partial charge in [0.25, 0.3) is 5.91 Å². The van der Waals surface area contributed by atoms with Crippen LogP contribution >= 0.6 is 0 Å². The minimum absolute atomic E-state index is 0.0000983. The van der Waals surface area contributed by atoms with Gasteiger partial charge in [-0.05, 0) is 71.8 Å². The van der Waals surface area contributed by atoms with Gasteiger partial charge in [-0.3, -0.25) is 14.5 Å². The number of carbonyl (C=O) groups excluding carboxylic acids is 2. The number of hydrogen-bond acceptors (Lipinski definition) is 6. The van der Waals surface area contributed by atoms with Crippen LogP contribution in [0.15, 0.2) is 103 Å². The molecule has 6 rings (SSSR count). The van der Waals surface area contributed by atoms with E-state index in [1.807, 2.05) is 78.9 Å². The Labute approximate surface area is 296 Å². The summed E-state index contributed by atoms with van der Waals surface area (Å²) in [6, 6.07) is 34.1. The quantitative estimate of drug-likeness (QED) is 0.161. The lowest BCUT2D eigenvalue weighted by atomic mass is 9.95. The SMILES string of the molecule is COc1ccc([Si](C)(C)[C@@H]2[C@@H](C)[C@@H](CCc3ccc(N4C(=O)COc5ccccc54)cc3)O[C@H]2CC(=O)N(CCO)Cc2ccccc2)cc1. The number of nitrogens with zero attached hydrogens (tertiary/aromatic N) is 2. The fourth-order valence-corrected chi connectivity index (χ4v) is 11.9. The molecule has 1 fully saturated rings. The second kappa shape index (κ2) is 15.6. The van der Waals surface area contributed by atoms with Crippen molar-refractivity contribution in [3.8, 4) is 11.5 Å². The molecule has 0 saturated carbocycles. The number of carbonyl (C=O) groups is 2. The molecule has 4 atom stereocenters. The zero-order valence-corrected chi connectivity index (χ0v) is 30.5. The van der Waals surface area contributed by atoms with Crippen LogP contribution in [-0.4, -0.2) is 69.0 Å². The van der Waals surface area contributed by atoms with Gasteiger partial charge >= 0.3 is 0 Å². The van der Waals surface area contributed by atoms with Gasteiger partial charge in [-0.25, -0.2) is 0 Å². The number of aliphatic hydroxyl groups is 1. The molecule has 50 heavy (non-hydrogen) atoms. The number of fused-ring (bicyclic) bond motifs is 1. The number of para-hydroxylation sites is 2. The van der Waals surface area contributed by atoms with Crippen molar-refractivity contribution < 1.29 is 28.9 Å². The fraction of sp³-hybridized carbons (Fsp3) is 0.366. The lowest BCUT2D eigenvalue weighted by molar-refractivity contribution is -0.135. The summed E-state index contributed by atoms with van der Waals surface area (Å²) in [4.78, 5) is 30.3. The van der Waals surface area contributed by atoms with E-state index in [4.69, 9.17) is 14.2 Å². The van der Waals surface area contributed by atoms with Crippen LogP contribution in [0, 0.1) is 5.92 Å². The van der Waals surface area contributed by atoms with Gasteiger partial charge in [0.2, 0.25) is 5.91 Å². The van der Waals surface area contributed by atoms with Crippen molar-refractivity contribution in [2.24, 2.45) is 5.92 Å². The average molecular weight is 693 g/mol. The van der Waals surface area contributed by atoms with E-state index in [-0.39, 0.29) is 61.7 Å². The van der Waals surface area contributed by atoms with Crippen molar-refractivity contribution in [3.63, 3.8) is 0 Å². The van der Waals surface area contributed by atoms with Crippen LogP contribution in [0.2, 0.25) is 18.6 Å². The number of anilines is 2. The third-order valence-electron chi connectivity index (χ3n) is 10.5. The van der Waals surface area contributed by atoms with E-state index >= 15 is 0 Å². The number of aliphatic hydroxyl groups excluding tert-OH is 1. The van der Waals surface area contributed by atoms with Gasteiger partial charge in [-0.1, -0.05) is 91.9 Å². The summed E-state index contributed by atoms with van der Waals surface area (Å²) in [5.41, 5.74) is 3.96. The first-order valence-corrected chi connectivity index (χ1v) is 20.6. The summed E-state index contributed by atoms with van der Waals surface area (Å²) in [7, 11) is -0.484. The Morgan fingerprint density at radius 3 is 2.32 bits per heavy atom. The zero-order valence-electron chi connectivity index (χ0n) is 29.5. The second-order valence-corrected chi connectivity index (χ2v) is 18.7. The van der Waals surface area contributed by atoms with Gasteiger partial charge in [-0.15, -0.1) is 0 Å². The van der Waals surface area contributed by atoms with Gasteiger partial charge in [0.15, 0.2) is 6.61 Å². The molecule has 4 aromatic carbocycles. The van der Waals surface area contributed by atoms with Crippen molar-refractivity contribution in [1.29, 1.82) is 0 Å². The molecule has 262 valence electrons. The van der Waals surface area contributed by atoms with Crippen LogP contribution in [-0.2, 0) is 27.3 Å². The topological polar surface area (TPSA) is 88.5 Å². The first kappa shape index (κ1) is 35.4. The highest BCUT2D eigenvalue weighted by molar-refractivity contribution is 6.91. The zero-order chi connectivity index (χ0) is 35.3. The highest BCUT2D eigenvalue weighted by Gasteiger charge is 2.51. The Hall–Kier alpha value is -4.44. The molecule has 9 heteroatoms. The lowest BCUT2D eigenvalue weighted by Crippen LogP contribution is -2.51. The molecule has 2 aliphatic rings. The molecule has 0 unspecified atom stereocenters. The molecule has 0 radical (unpaired) electrons. The summed E-state index contributed by atoms with van der Waals surface area (Å²) < 4.78 is 18.0. The maximum atomic E-state index is 13.9. The molecule has 1 N–H and O–H groups in total. The standard InChI is InChI=1S/C41H48N2O6Si/c1-29-36(23-16-30-14-17-32(18-15-30)43-35-12-8-9-13-37(35)48-28-40(43)46)49-38(41(29)50(3,4)34-21-19-33(47-2)20-22-34)26-39(45)42(24-25-44)27-31-10-6-5-7-11-31/h5-15,17-22,29,36,38,41,44H,16,23-28H2,1-4H3/t29-,36+,38-,41+/m0/s1. The Morgan fingerprint density at radius 1 is 0.920 bits per heavy atom. The van der Waals surface area contributed by atoms with Gasteiger partial charge < -0.3 is 24.2 Å². The summed E-state index contributed by atoms with van der Waals surface area (Å²) in [5, 5.41) is 11.2. The van der Waals surface area contributed by atoms with E-state index in [1.165, 1.54) is 10.8 Å². The lowest BCUT2D eigenvalue weighted by Gasteiger charge is -2.36. The third-order valence-corrected chi connectivity index (χ3v) is 14.9. The van der Waals surface area contributed by atoms with Crippen molar-refractivity contribution in [1.82, 2.24) is 4.90 Å². The van der Waals surface area contributed by atoms with Gasteiger partial charge in [0.1, 0.15) is 11.5 Å². The van der Waals surface area contributed by atoms with E-state index in [2.05, 4.69) is 44.3 Å². The molecule has 0 bridgehead atoms. The average Bonchev–Trinajstić information content (AvgIpc) is 3.45. The van der Waals surface area contributed by atoms with Gasteiger partial charge in [0, 0.05) is 18.8 Å². The molecule has 0 aliphatic carbocycles. The fourth-order valence-electron chi connectivity index (χ4n) is 7.87. The summed E-state index contributed by atoms with van der Waals surface area (Å²) in [5.74, 6) is 1.67. The maximum Gasteiger partial charge on any atom is 0.269 e. The molecular formula is C41H48N2O6Si. The molecule has 1 saturated heterocycles. The van der Waals surface area contributed by atoms with Crippen molar-refractivity contribution in [3.05, 3.63) is 114 Å². The molecular weight excluding hydrogens is 645 g/mol. The van der Waals surface area contributed by atoms with Gasteiger partial charge in [0.05, 0.1) is 46.1 Å². The first-order chi connectivity index (χ1) is 24.2. The third kappa shape index (κ3) is 7.65. The monoisotopic (exact) mass is 692 g/mol. The largest absolute Gasteiger partial charge is 0.497 e. The molecule has 0 spiro atoms.